The molecule has 0 saturated carbocycles. The van der Waals surface area contributed by atoms with Crippen LogP contribution in [0.1, 0.15) is 5.56 Å². The Morgan fingerprint density at radius 3 is 2.64 bits per heavy atom. The van der Waals surface area contributed by atoms with Crippen molar-refractivity contribution < 1.29 is 18.9 Å². The molecular weight excluding hydrogens is 465 g/mol. The topological polar surface area (TPSA) is 58.0 Å². The number of hydrogen-bond donors (Lipinski definition) is 0. The Hall–Kier alpha value is -2.29. The normalized spacial score (nSPS) is 23.1. The molecule has 2 unspecified atom stereocenters. The van der Waals surface area contributed by atoms with Gasteiger partial charge in [-0.25, -0.2) is 4.98 Å². The number of aromatic nitrogens is 2. The van der Waals surface area contributed by atoms with Crippen LogP contribution in [-0.4, -0.2) is 55.2 Å². The number of benzene rings is 2. The zero-order valence-corrected chi connectivity index (χ0v) is 19.5. The molecule has 7 nitrogen and oxygen atoms in total. The molecule has 5 rings (SSSR count). The van der Waals surface area contributed by atoms with Gasteiger partial charge in [-0.1, -0.05) is 29.3 Å². The average molecular weight is 490 g/mol. The lowest BCUT2D eigenvalue weighted by Gasteiger charge is -2.30. The third-order valence-corrected chi connectivity index (χ3v) is 6.35. The van der Waals surface area contributed by atoms with Gasteiger partial charge in [0.2, 0.25) is 5.79 Å². The van der Waals surface area contributed by atoms with E-state index in [2.05, 4.69) is 22.0 Å². The van der Waals surface area contributed by atoms with E-state index in [0.717, 1.165) is 37.6 Å². The SMILES string of the molecule is Clc1ccc(C2(Cn3ccnc3)OCC(COc3ccc(N4CCOCC4)cc3)O2)c(Cl)c1. The average Bonchev–Trinajstić information content (AvgIpc) is 3.49. The van der Waals surface area contributed by atoms with Gasteiger partial charge >= 0.3 is 0 Å². The first kappa shape index (κ1) is 22.5. The largest absolute Gasteiger partial charge is 0.491 e. The highest BCUT2D eigenvalue weighted by molar-refractivity contribution is 6.35. The minimum atomic E-state index is -1.06. The summed E-state index contributed by atoms with van der Waals surface area (Å²) in [6, 6.07) is 13.4. The molecule has 174 valence electrons. The summed E-state index contributed by atoms with van der Waals surface area (Å²) in [5.41, 5.74) is 1.89. The molecule has 33 heavy (non-hydrogen) atoms. The number of ether oxygens (including phenoxy) is 4. The smallest absolute Gasteiger partial charge is 0.215 e. The molecule has 2 aliphatic rings. The van der Waals surface area contributed by atoms with E-state index in [9.17, 15) is 0 Å². The second-order valence-electron chi connectivity index (χ2n) is 8.07. The molecule has 0 aliphatic carbocycles. The molecule has 0 amide bonds. The van der Waals surface area contributed by atoms with Gasteiger partial charge < -0.3 is 28.4 Å². The first-order valence-corrected chi connectivity index (χ1v) is 11.7. The molecule has 2 fully saturated rings. The summed E-state index contributed by atoms with van der Waals surface area (Å²) >= 11 is 12.6. The third-order valence-electron chi connectivity index (χ3n) is 5.80. The Balaban J connectivity index is 1.26. The molecule has 2 aliphatic heterocycles. The molecule has 1 aromatic heterocycles. The molecule has 2 aromatic carbocycles. The minimum Gasteiger partial charge on any atom is -0.491 e. The third kappa shape index (κ3) is 5.13. The van der Waals surface area contributed by atoms with Crippen molar-refractivity contribution in [2.24, 2.45) is 0 Å². The summed E-state index contributed by atoms with van der Waals surface area (Å²) in [5, 5.41) is 1.04. The molecule has 0 radical (unpaired) electrons. The highest BCUT2D eigenvalue weighted by Gasteiger charge is 2.45. The molecule has 2 saturated heterocycles. The maximum Gasteiger partial charge on any atom is 0.215 e. The van der Waals surface area contributed by atoms with Gasteiger partial charge in [-0.05, 0) is 36.4 Å². The number of nitrogens with zero attached hydrogens (tertiary/aromatic N) is 3. The first-order chi connectivity index (χ1) is 16.1. The van der Waals surface area contributed by atoms with E-state index in [4.69, 9.17) is 42.1 Å². The van der Waals surface area contributed by atoms with Crippen LogP contribution in [0.25, 0.3) is 0 Å². The van der Waals surface area contributed by atoms with Crippen LogP contribution < -0.4 is 9.64 Å². The van der Waals surface area contributed by atoms with Crippen LogP contribution in [0.15, 0.2) is 61.2 Å². The molecular formula is C24H25Cl2N3O4. The van der Waals surface area contributed by atoms with E-state index >= 15 is 0 Å². The van der Waals surface area contributed by atoms with Crippen LogP contribution in [0, 0.1) is 0 Å². The molecule has 3 aromatic rings. The van der Waals surface area contributed by atoms with Gasteiger partial charge in [0.05, 0.1) is 37.7 Å². The number of rotatable bonds is 7. The van der Waals surface area contributed by atoms with Gasteiger partial charge in [0.1, 0.15) is 18.5 Å². The molecule has 0 N–H and O–H groups in total. The Labute approximate surface area is 202 Å². The van der Waals surface area contributed by atoms with Crippen LogP contribution in [-0.2, 0) is 26.5 Å². The van der Waals surface area contributed by atoms with Gasteiger partial charge in [0, 0.05) is 41.8 Å². The van der Waals surface area contributed by atoms with Gasteiger partial charge in [0.15, 0.2) is 0 Å². The van der Waals surface area contributed by atoms with E-state index in [1.807, 2.05) is 29.0 Å². The fraction of sp³-hybridized carbons (Fsp3) is 0.375. The van der Waals surface area contributed by atoms with Crippen molar-refractivity contribution >= 4 is 28.9 Å². The predicted molar refractivity (Wildman–Crippen MR) is 126 cm³/mol. The lowest BCUT2D eigenvalue weighted by molar-refractivity contribution is -0.189. The quantitative estimate of drug-likeness (QED) is 0.490. The highest BCUT2D eigenvalue weighted by atomic mass is 35.5. The highest BCUT2D eigenvalue weighted by Crippen LogP contribution is 2.40. The monoisotopic (exact) mass is 489 g/mol. The van der Waals surface area contributed by atoms with Crippen LogP contribution in [0.3, 0.4) is 0 Å². The lowest BCUT2D eigenvalue weighted by Crippen LogP contribution is -2.36. The number of hydrogen-bond acceptors (Lipinski definition) is 6. The minimum absolute atomic E-state index is 0.265. The van der Waals surface area contributed by atoms with Gasteiger partial charge in [-0.15, -0.1) is 0 Å². The Morgan fingerprint density at radius 1 is 1.09 bits per heavy atom. The summed E-state index contributed by atoms with van der Waals surface area (Å²) < 4.78 is 26.0. The van der Waals surface area contributed by atoms with Crippen molar-refractivity contribution in [1.29, 1.82) is 0 Å². The van der Waals surface area contributed by atoms with Crippen LogP contribution >= 0.6 is 23.2 Å². The predicted octanol–water partition coefficient (Wildman–Crippen LogP) is 4.37. The van der Waals surface area contributed by atoms with Crippen LogP contribution in [0.5, 0.6) is 5.75 Å². The number of imidazole rings is 1. The summed E-state index contributed by atoms with van der Waals surface area (Å²) in [6.45, 7) is 4.46. The second-order valence-corrected chi connectivity index (χ2v) is 8.91. The summed E-state index contributed by atoms with van der Waals surface area (Å²) in [6.07, 6.45) is 5.03. The zero-order valence-electron chi connectivity index (χ0n) is 18.0. The zero-order chi connectivity index (χ0) is 22.7. The van der Waals surface area contributed by atoms with Crippen molar-refractivity contribution in [3.05, 3.63) is 76.8 Å². The maximum atomic E-state index is 6.53. The Morgan fingerprint density at radius 2 is 1.91 bits per heavy atom. The summed E-state index contributed by atoms with van der Waals surface area (Å²) in [7, 11) is 0. The Bertz CT molecular complexity index is 1060. The van der Waals surface area contributed by atoms with Crippen LogP contribution in [0.2, 0.25) is 10.0 Å². The fourth-order valence-electron chi connectivity index (χ4n) is 4.14. The first-order valence-electron chi connectivity index (χ1n) is 10.9. The number of morpholine rings is 1. The lowest BCUT2D eigenvalue weighted by atomic mass is 10.1. The fourth-order valence-corrected chi connectivity index (χ4v) is 4.69. The molecule has 2 atom stereocenters. The van der Waals surface area contributed by atoms with Gasteiger partial charge in [-0.2, -0.15) is 0 Å². The second kappa shape index (κ2) is 9.91. The van der Waals surface area contributed by atoms with E-state index in [-0.39, 0.29) is 6.10 Å². The van der Waals surface area contributed by atoms with E-state index < -0.39 is 5.79 Å². The molecule has 9 heteroatoms. The summed E-state index contributed by atoms with van der Waals surface area (Å²) in [4.78, 5) is 6.43. The van der Waals surface area contributed by atoms with Gasteiger partial charge in [0.25, 0.3) is 0 Å². The molecule has 0 spiro atoms. The van der Waals surface area contributed by atoms with Crippen molar-refractivity contribution in [3.63, 3.8) is 0 Å². The summed E-state index contributed by atoms with van der Waals surface area (Å²) in [5.74, 6) is -0.274. The van der Waals surface area contributed by atoms with E-state index in [1.54, 1.807) is 24.7 Å². The van der Waals surface area contributed by atoms with E-state index in [1.165, 1.54) is 5.69 Å². The van der Waals surface area contributed by atoms with Crippen molar-refractivity contribution in [2.45, 2.75) is 18.4 Å². The van der Waals surface area contributed by atoms with E-state index in [0.29, 0.717) is 29.8 Å². The van der Waals surface area contributed by atoms with Crippen molar-refractivity contribution in [2.75, 3.05) is 44.4 Å². The molecule has 3 heterocycles. The number of anilines is 1. The molecule has 0 bridgehead atoms. The standard InChI is InChI=1S/C24H25Cl2N3O4/c25-18-1-6-22(23(26)13-18)24(16-28-8-7-27-17-28)32-15-21(33-24)14-31-20-4-2-19(3-5-20)29-9-11-30-12-10-29/h1-8,13,17,21H,9-12,14-16H2. The maximum absolute atomic E-state index is 6.53. The van der Waals surface area contributed by atoms with Crippen molar-refractivity contribution in [3.8, 4) is 5.75 Å². The Kier molecular flexibility index (Phi) is 6.76. The van der Waals surface area contributed by atoms with Gasteiger partial charge in [-0.3, -0.25) is 0 Å². The number of halogens is 2. The van der Waals surface area contributed by atoms with Crippen LogP contribution in [0.4, 0.5) is 5.69 Å². The van der Waals surface area contributed by atoms with Crippen molar-refractivity contribution in [1.82, 2.24) is 9.55 Å².